The molecule has 0 unspecified atom stereocenters. The summed E-state index contributed by atoms with van der Waals surface area (Å²) >= 11 is 0. The number of ketones is 1. The minimum Gasteiger partial charge on any atom is -0.444 e. The van der Waals surface area contributed by atoms with Gasteiger partial charge in [-0.2, -0.15) is 4.80 Å². The summed E-state index contributed by atoms with van der Waals surface area (Å²) in [5, 5.41) is 11.9. The topological polar surface area (TPSA) is 90.2 Å². The van der Waals surface area contributed by atoms with Gasteiger partial charge >= 0.3 is 6.09 Å². The fourth-order valence-corrected chi connectivity index (χ4v) is 3.50. The third-order valence-corrected chi connectivity index (χ3v) is 5.10. The maximum atomic E-state index is 14.9. The number of halogens is 1. The van der Waals surface area contributed by atoms with Crippen molar-refractivity contribution < 1.29 is 18.7 Å². The van der Waals surface area contributed by atoms with Crippen molar-refractivity contribution >= 4 is 17.6 Å². The van der Waals surface area contributed by atoms with E-state index in [1.165, 1.54) is 22.7 Å². The van der Waals surface area contributed by atoms with Crippen LogP contribution in [0, 0.1) is 12.7 Å². The van der Waals surface area contributed by atoms with Crippen LogP contribution in [0.1, 0.15) is 31.2 Å². The lowest BCUT2D eigenvalue weighted by Gasteiger charge is -2.14. The number of aromatic nitrogens is 4. The Bertz CT molecular complexity index is 1110. The first kappa shape index (κ1) is 20.6. The summed E-state index contributed by atoms with van der Waals surface area (Å²) < 4.78 is 20.2. The van der Waals surface area contributed by atoms with Crippen molar-refractivity contribution in [1.29, 1.82) is 0 Å². The van der Waals surface area contributed by atoms with E-state index in [1.54, 1.807) is 19.1 Å². The van der Waals surface area contributed by atoms with E-state index in [0.717, 1.165) is 11.1 Å². The molecule has 4 rings (SSSR count). The Balaban J connectivity index is 1.46. The molecule has 0 spiro atoms. The second-order valence-electron chi connectivity index (χ2n) is 7.59. The molecular weight excluding hydrogens is 401 g/mol. The van der Waals surface area contributed by atoms with Crippen molar-refractivity contribution in [2.45, 2.75) is 39.3 Å². The highest BCUT2D eigenvalue weighted by molar-refractivity contribution is 5.90. The van der Waals surface area contributed by atoms with Crippen molar-refractivity contribution in [2.75, 3.05) is 11.4 Å². The van der Waals surface area contributed by atoms with Crippen molar-refractivity contribution in [1.82, 2.24) is 20.2 Å². The molecule has 160 valence electrons. The van der Waals surface area contributed by atoms with Crippen LogP contribution in [0.25, 0.3) is 11.1 Å². The second kappa shape index (κ2) is 8.63. The summed E-state index contributed by atoms with van der Waals surface area (Å²) in [5.74, 6) is 0.216. The fraction of sp³-hybridized carbons (Fsp3) is 0.318. The first-order valence-corrected chi connectivity index (χ1v) is 10.00. The molecule has 2 aromatic carbocycles. The zero-order valence-corrected chi connectivity index (χ0v) is 17.3. The molecule has 1 aromatic heterocycles. The zero-order valence-electron chi connectivity index (χ0n) is 17.3. The van der Waals surface area contributed by atoms with Crippen molar-refractivity contribution in [3.05, 3.63) is 59.7 Å². The summed E-state index contributed by atoms with van der Waals surface area (Å²) in [6, 6.07) is 12.1. The number of carbonyl (C=O) groups is 2. The molecule has 3 aromatic rings. The van der Waals surface area contributed by atoms with Crippen molar-refractivity contribution in [3.8, 4) is 11.1 Å². The van der Waals surface area contributed by atoms with Crippen LogP contribution in [0.15, 0.2) is 42.5 Å². The van der Waals surface area contributed by atoms with Crippen LogP contribution in [-0.4, -0.2) is 44.7 Å². The van der Waals surface area contributed by atoms with Crippen LogP contribution in [0.4, 0.5) is 14.9 Å². The summed E-state index contributed by atoms with van der Waals surface area (Å²) in [6.45, 7) is 4.05. The molecule has 1 saturated heterocycles. The van der Waals surface area contributed by atoms with Crippen LogP contribution in [0.3, 0.4) is 0 Å². The Kier molecular flexibility index (Phi) is 5.75. The molecule has 1 atom stereocenters. The number of benzene rings is 2. The largest absolute Gasteiger partial charge is 0.444 e. The van der Waals surface area contributed by atoms with E-state index in [9.17, 15) is 14.0 Å². The standard InChI is InChI=1S/C22H22FN5O3/c1-14(29)3-9-19-13-27(22(30)31-19)18-8-10-20(21(23)11-18)17-6-4-16(5-7-17)12-28-25-15(2)24-26-28/h4-8,10-11,19H,3,9,12-13H2,1-2H3/t19-/m0/s1. The molecule has 1 amide bonds. The molecule has 8 nitrogen and oxygen atoms in total. The van der Waals surface area contributed by atoms with E-state index < -0.39 is 11.9 Å². The minimum atomic E-state index is -0.526. The van der Waals surface area contributed by atoms with Gasteiger partial charge in [-0.1, -0.05) is 24.3 Å². The number of rotatable bonds is 7. The number of anilines is 1. The SMILES string of the molecule is CC(=O)CC[C@H]1CN(c2ccc(-c3ccc(Cn4nnc(C)n4)cc3)c(F)c2)C(=O)O1. The van der Waals surface area contributed by atoms with Gasteiger partial charge in [0.2, 0.25) is 0 Å². The normalized spacial score (nSPS) is 15.9. The number of cyclic esters (lactones) is 1. The highest BCUT2D eigenvalue weighted by atomic mass is 19.1. The predicted octanol–water partition coefficient (Wildman–Crippen LogP) is 3.53. The number of tetrazole rings is 1. The van der Waals surface area contributed by atoms with E-state index in [1.807, 2.05) is 24.3 Å². The molecule has 1 aliphatic heterocycles. The number of nitrogens with zero attached hydrogens (tertiary/aromatic N) is 5. The Morgan fingerprint density at radius 3 is 2.65 bits per heavy atom. The molecule has 1 fully saturated rings. The molecule has 2 heterocycles. The van der Waals surface area contributed by atoms with Gasteiger partial charge in [0.05, 0.1) is 18.8 Å². The molecule has 1 aliphatic rings. The molecule has 0 bridgehead atoms. The van der Waals surface area contributed by atoms with E-state index >= 15 is 0 Å². The molecule has 0 radical (unpaired) electrons. The third-order valence-electron chi connectivity index (χ3n) is 5.10. The van der Waals surface area contributed by atoms with Gasteiger partial charge in [0.25, 0.3) is 0 Å². The Labute approximate surface area is 178 Å². The molecule has 0 N–H and O–H groups in total. The summed E-state index contributed by atoms with van der Waals surface area (Å²) in [4.78, 5) is 26.2. The number of ether oxygens (including phenoxy) is 1. The van der Waals surface area contributed by atoms with Gasteiger partial charge in [-0.3, -0.25) is 4.90 Å². The molecular formula is C22H22FN5O3. The van der Waals surface area contributed by atoms with Gasteiger partial charge in [-0.25, -0.2) is 9.18 Å². The average molecular weight is 423 g/mol. The molecule has 0 aliphatic carbocycles. The van der Waals surface area contributed by atoms with Gasteiger partial charge in [0, 0.05) is 12.0 Å². The highest BCUT2D eigenvalue weighted by Gasteiger charge is 2.32. The molecule has 31 heavy (non-hydrogen) atoms. The van der Waals surface area contributed by atoms with E-state index in [0.29, 0.717) is 43.0 Å². The van der Waals surface area contributed by atoms with Gasteiger partial charge < -0.3 is 9.53 Å². The first-order valence-electron chi connectivity index (χ1n) is 10.00. The Hall–Kier alpha value is -3.62. The Morgan fingerprint density at radius 2 is 2.00 bits per heavy atom. The molecule has 9 heteroatoms. The third kappa shape index (κ3) is 4.76. The van der Waals surface area contributed by atoms with E-state index in [2.05, 4.69) is 15.4 Å². The van der Waals surface area contributed by atoms with Gasteiger partial charge in [-0.15, -0.1) is 10.2 Å². The number of Topliss-reactive ketones (excluding diaryl/α,β-unsaturated/α-hetero) is 1. The van der Waals surface area contributed by atoms with E-state index in [-0.39, 0.29) is 11.9 Å². The number of aryl methyl sites for hydroxylation is 1. The Morgan fingerprint density at radius 1 is 1.23 bits per heavy atom. The quantitative estimate of drug-likeness (QED) is 0.578. The molecule has 0 saturated carbocycles. The second-order valence-corrected chi connectivity index (χ2v) is 7.59. The number of hydrogen-bond donors (Lipinski definition) is 0. The van der Waals surface area contributed by atoms with Crippen LogP contribution < -0.4 is 4.90 Å². The maximum absolute atomic E-state index is 14.9. The minimum absolute atomic E-state index is 0.0450. The smallest absolute Gasteiger partial charge is 0.414 e. The van der Waals surface area contributed by atoms with Gasteiger partial charge in [-0.05, 0) is 54.8 Å². The van der Waals surface area contributed by atoms with Crippen LogP contribution in [-0.2, 0) is 16.1 Å². The zero-order chi connectivity index (χ0) is 22.0. The predicted molar refractivity (Wildman–Crippen MR) is 111 cm³/mol. The van der Waals surface area contributed by atoms with Gasteiger partial charge in [0.15, 0.2) is 5.82 Å². The van der Waals surface area contributed by atoms with E-state index in [4.69, 9.17) is 4.74 Å². The summed E-state index contributed by atoms with van der Waals surface area (Å²) in [5.41, 5.74) is 2.56. The van der Waals surface area contributed by atoms with Crippen molar-refractivity contribution in [2.24, 2.45) is 0 Å². The highest BCUT2D eigenvalue weighted by Crippen LogP contribution is 2.30. The average Bonchev–Trinajstić information content (AvgIpc) is 3.32. The van der Waals surface area contributed by atoms with Crippen LogP contribution in [0.2, 0.25) is 0 Å². The van der Waals surface area contributed by atoms with Crippen LogP contribution >= 0.6 is 0 Å². The lowest BCUT2D eigenvalue weighted by Crippen LogP contribution is -2.24. The summed E-state index contributed by atoms with van der Waals surface area (Å²) in [6.07, 6.45) is -0.0764. The maximum Gasteiger partial charge on any atom is 0.414 e. The number of hydrogen-bond acceptors (Lipinski definition) is 6. The van der Waals surface area contributed by atoms with Crippen LogP contribution in [0.5, 0.6) is 0 Å². The monoisotopic (exact) mass is 423 g/mol. The number of carbonyl (C=O) groups excluding carboxylic acids is 2. The fourth-order valence-electron chi connectivity index (χ4n) is 3.50. The lowest BCUT2D eigenvalue weighted by atomic mass is 10.0. The summed E-state index contributed by atoms with van der Waals surface area (Å²) in [7, 11) is 0. The first-order chi connectivity index (χ1) is 14.9. The number of amides is 1. The van der Waals surface area contributed by atoms with Gasteiger partial charge in [0.1, 0.15) is 17.7 Å². The lowest BCUT2D eigenvalue weighted by molar-refractivity contribution is -0.117. The van der Waals surface area contributed by atoms with Crippen molar-refractivity contribution in [3.63, 3.8) is 0 Å².